The molecule has 0 aliphatic rings. The highest BCUT2D eigenvalue weighted by Gasteiger charge is 2.12. The van der Waals surface area contributed by atoms with Crippen LogP contribution in [0.25, 0.3) is 0 Å². The van der Waals surface area contributed by atoms with Crippen LogP contribution < -0.4 is 5.32 Å². The van der Waals surface area contributed by atoms with Gasteiger partial charge in [0.25, 0.3) is 0 Å². The molecule has 1 aromatic carbocycles. The zero-order valence-corrected chi connectivity index (χ0v) is 12.7. The molecule has 0 aliphatic heterocycles. The smallest absolute Gasteiger partial charge is 0.121 e. The SMILES string of the molecule is CCN(CC)CCNC(C#N)c1ccc(Cl)cc1C. The number of rotatable bonds is 7. The molecule has 1 aromatic rings. The topological polar surface area (TPSA) is 39.1 Å². The molecule has 0 heterocycles. The normalized spacial score (nSPS) is 12.4. The minimum atomic E-state index is -0.271. The van der Waals surface area contributed by atoms with Crippen LogP contribution in [0.3, 0.4) is 0 Å². The van der Waals surface area contributed by atoms with Crippen molar-refractivity contribution in [3.8, 4) is 6.07 Å². The van der Waals surface area contributed by atoms with Crippen molar-refractivity contribution in [1.29, 1.82) is 5.26 Å². The Balaban J connectivity index is 2.61. The van der Waals surface area contributed by atoms with E-state index in [9.17, 15) is 5.26 Å². The molecule has 0 fully saturated rings. The van der Waals surface area contributed by atoms with Crippen LogP contribution in [0.5, 0.6) is 0 Å². The number of hydrogen-bond acceptors (Lipinski definition) is 3. The second-order valence-corrected chi connectivity index (χ2v) is 4.98. The van der Waals surface area contributed by atoms with Gasteiger partial charge in [-0.3, -0.25) is 5.32 Å². The second kappa shape index (κ2) is 8.16. The van der Waals surface area contributed by atoms with Crippen LogP contribution in [0.4, 0.5) is 0 Å². The number of nitrogens with zero attached hydrogens (tertiary/aromatic N) is 2. The lowest BCUT2D eigenvalue weighted by molar-refractivity contribution is 0.300. The van der Waals surface area contributed by atoms with Crippen molar-refractivity contribution in [1.82, 2.24) is 10.2 Å². The summed E-state index contributed by atoms with van der Waals surface area (Å²) >= 11 is 5.94. The van der Waals surface area contributed by atoms with Crippen molar-refractivity contribution < 1.29 is 0 Å². The maximum absolute atomic E-state index is 9.29. The fourth-order valence-electron chi connectivity index (χ4n) is 2.09. The number of hydrogen-bond donors (Lipinski definition) is 1. The Kier molecular flexibility index (Phi) is 6.86. The minimum absolute atomic E-state index is 0.271. The third-order valence-corrected chi connectivity index (χ3v) is 3.58. The lowest BCUT2D eigenvalue weighted by Crippen LogP contribution is -2.33. The molecular weight excluding hydrogens is 258 g/mol. The molecule has 0 saturated carbocycles. The van der Waals surface area contributed by atoms with Gasteiger partial charge in [0.2, 0.25) is 0 Å². The highest BCUT2D eigenvalue weighted by Crippen LogP contribution is 2.20. The highest BCUT2D eigenvalue weighted by atomic mass is 35.5. The Labute approximate surface area is 121 Å². The Hall–Kier alpha value is -1.08. The fraction of sp³-hybridized carbons (Fsp3) is 0.533. The number of likely N-dealkylation sites (N-methyl/N-ethyl adjacent to an activating group) is 1. The first-order valence-electron chi connectivity index (χ1n) is 6.73. The maximum Gasteiger partial charge on any atom is 0.121 e. The molecule has 4 heteroatoms. The zero-order valence-electron chi connectivity index (χ0n) is 11.9. The van der Waals surface area contributed by atoms with Gasteiger partial charge in [-0.25, -0.2) is 0 Å². The lowest BCUT2D eigenvalue weighted by atomic mass is 10.0. The standard InChI is InChI=1S/C15H22ClN3/c1-4-19(5-2)9-8-18-15(11-17)14-7-6-13(16)10-12(14)3/h6-7,10,15,18H,4-5,8-9H2,1-3H3. The Morgan fingerprint density at radius 2 is 2.05 bits per heavy atom. The average molecular weight is 280 g/mol. The van der Waals surface area contributed by atoms with Crippen molar-refractivity contribution >= 4 is 11.6 Å². The highest BCUT2D eigenvalue weighted by molar-refractivity contribution is 6.30. The van der Waals surface area contributed by atoms with Crippen LogP contribution in [-0.4, -0.2) is 31.1 Å². The zero-order chi connectivity index (χ0) is 14.3. The summed E-state index contributed by atoms with van der Waals surface area (Å²) in [6.07, 6.45) is 0. The van der Waals surface area contributed by atoms with Gasteiger partial charge in [-0.1, -0.05) is 31.5 Å². The summed E-state index contributed by atoms with van der Waals surface area (Å²) in [5.74, 6) is 0. The average Bonchev–Trinajstić information content (AvgIpc) is 2.40. The molecule has 3 nitrogen and oxygen atoms in total. The van der Waals surface area contributed by atoms with Gasteiger partial charge in [0.1, 0.15) is 6.04 Å². The molecule has 0 spiro atoms. The van der Waals surface area contributed by atoms with Gasteiger partial charge in [0.05, 0.1) is 6.07 Å². The molecule has 1 atom stereocenters. The number of aryl methyl sites for hydroxylation is 1. The van der Waals surface area contributed by atoms with Crippen LogP contribution in [-0.2, 0) is 0 Å². The van der Waals surface area contributed by atoms with Gasteiger partial charge in [0.15, 0.2) is 0 Å². The quantitative estimate of drug-likeness (QED) is 0.833. The summed E-state index contributed by atoms with van der Waals surface area (Å²) in [4.78, 5) is 2.33. The van der Waals surface area contributed by atoms with E-state index in [1.165, 1.54) is 0 Å². The Morgan fingerprint density at radius 3 is 2.58 bits per heavy atom. The maximum atomic E-state index is 9.29. The first kappa shape index (κ1) is 16.0. The summed E-state index contributed by atoms with van der Waals surface area (Å²) in [7, 11) is 0. The first-order chi connectivity index (χ1) is 9.12. The van der Waals surface area contributed by atoms with Crippen LogP contribution in [0.1, 0.15) is 31.0 Å². The molecule has 0 aromatic heterocycles. The van der Waals surface area contributed by atoms with Crippen LogP contribution >= 0.6 is 11.6 Å². The summed E-state index contributed by atoms with van der Waals surface area (Å²) in [5.41, 5.74) is 2.06. The van der Waals surface area contributed by atoms with Crippen molar-refractivity contribution in [3.05, 3.63) is 34.3 Å². The lowest BCUT2D eigenvalue weighted by Gasteiger charge is -2.20. The largest absolute Gasteiger partial charge is 0.303 e. The summed E-state index contributed by atoms with van der Waals surface area (Å²) in [5, 5.41) is 13.3. The molecule has 19 heavy (non-hydrogen) atoms. The van der Waals surface area contributed by atoms with Crippen molar-refractivity contribution in [3.63, 3.8) is 0 Å². The molecule has 1 unspecified atom stereocenters. The van der Waals surface area contributed by atoms with Gasteiger partial charge < -0.3 is 4.90 Å². The summed E-state index contributed by atoms with van der Waals surface area (Å²) < 4.78 is 0. The molecule has 104 valence electrons. The molecule has 0 bridgehead atoms. The monoisotopic (exact) mass is 279 g/mol. The number of halogens is 1. The van der Waals surface area contributed by atoms with E-state index in [0.29, 0.717) is 5.02 Å². The molecule has 1 N–H and O–H groups in total. The molecular formula is C15H22ClN3. The third-order valence-electron chi connectivity index (χ3n) is 3.34. The van der Waals surface area contributed by atoms with Gasteiger partial charge in [0, 0.05) is 18.1 Å². The minimum Gasteiger partial charge on any atom is -0.303 e. The number of benzene rings is 1. The van der Waals surface area contributed by atoms with E-state index < -0.39 is 0 Å². The fourth-order valence-corrected chi connectivity index (χ4v) is 2.32. The molecule has 0 amide bonds. The van der Waals surface area contributed by atoms with E-state index in [-0.39, 0.29) is 6.04 Å². The van der Waals surface area contributed by atoms with Crippen LogP contribution in [0.15, 0.2) is 18.2 Å². The predicted octanol–water partition coefficient (Wildman–Crippen LogP) is 3.14. The summed E-state index contributed by atoms with van der Waals surface area (Å²) in [6.45, 7) is 10.1. The van der Waals surface area contributed by atoms with Gasteiger partial charge in [-0.05, 0) is 43.3 Å². The van der Waals surface area contributed by atoms with E-state index in [1.807, 2.05) is 25.1 Å². The Bertz CT molecular complexity index is 436. The Morgan fingerprint density at radius 1 is 1.37 bits per heavy atom. The van der Waals surface area contributed by atoms with E-state index in [1.54, 1.807) is 0 Å². The van der Waals surface area contributed by atoms with Crippen molar-refractivity contribution in [2.75, 3.05) is 26.2 Å². The van der Waals surface area contributed by atoms with E-state index in [0.717, 1.165) is 37.3 Å². The first-order valence-corrected chi connectivity index (χ1v) is 7.11. The third kappa shape index (κ3) is 4.83. The van der Waals surface area contributed by atoms with Gasteiger partial charge in [-0.2, -0.15) is 5.26 Å². The molecule has 0 aliphatic carbocycles. The van der Waals surface area contributed by atoms with E-state index >= 15 is 0 Å². The van der Waals surface area contributed by atoms with E-state index in [4.69, 9.17) is 11.6 Å². The van der Waals surface area contributed by atoms with Crippen LogP contribution in [0.2, 0.25) is 5.02 Å². The number of nitriles is 1. The second-order valence-electron chi connectivity index (χ2n) is 4.54. The molecule has 0 saturated heterocycles. The molecule has 0 radical (unpaired) electrons. The van der Waals surface area contributed by atoms with E-state index in [2.05, 4.69) is 30.1 Å². The van der Waals surface area contributed by atoms with Crippen molar-refractivity contribution in [2.45, 2.75) is 26.8 Å². The number of nitrogens with one attached hydrogen (secondary N) is 1. The molecule has 1 rings (SSSR count). The van der Waals surface area contributed by atoms with Gasteiger partial charge >= 0.3 is 0 Å². The summed E-state index contributed by atoms with van der Waals surface area (Å²) in [6, 6.07) is 7.70. The van der Waals surface area contributed by atoms with Crippen LogP contribution in [0, 0.1) is 18.3 Å². The predicted molar refractivity (Wildman–Crippen MR) is 80.3 cm³/mol. The van der Waals surface area contributed by atoms with Gasteiger partial charge in [-0.15, -0.1) is 0 Å². The van der Waals surface area contributed by atoms with Crippen molar-refractivity contribution in [2.24, 2.45) is 0 Å².